The van der Waals surface area contributed by atoms with Crippen molar-refractivity contribution in [2.75, 3.05) is 17.2 Å². The molecule has 0 spiro atoms. The lowest BCUT2D eigenvalue weighted by molar-refractivity contribution is 0.102. The van der Waals surface area contributed by atoms with Crippen LogP contribution in [-0.4, -0.2) is 22.4 Å². The first kappa shape index (κ1) is 15.0. The van der Waals surface area contributed by atoms with Crippen LogP contribution in [0.25, 0.3) is 0 Å². The first-order valence-electron chi connectivity index (χ1n) is 6.96. The molecule has 5 heteroatoms. The average molecular weight is 284 g/mol. The summed E-state index contributed by atoms with van der Waals surface area (Å²) in [6.07, 6.45) is 3.04. The fourth-order valence-corrected chi connectivity index (χ4v) is 2.27. The van der Waals surface area contributed by atoms with Crippen LogP contribution in [0.2, 0.25) is 0 Å². The molecule has 2 N–H and O–H groups in total. The molecular weight excluding hydrogens is 264 g/mol. The summed E-state index contributed by atoms with van der Waals surface area (Å²) in [5.41, 5.74) is 4.40. The number of rotatable bonds is 4. The van der Waals surface area contributed by atoms with Crippen LogP contribution in [0.4, 0.5) is 11.5 Å². The predicted molar refractivity (Wildman–Crippen MR) is 84.8 cm³/mol. The second kappa shape index (κ2) is 6.35. The molecule has 0 bridgehead atoms. The number of benzene rings is 1. The zero-order valence-corrected chi connectivity index (χ0v) is 12.8. The van der Waals surface area contributed by atoms with E-state index >= 15 is 0 Å². The van der Waals surface area contributed by atoms with Gasteiger partial charge in [0.25, 0.3) is 5.91 Å². The van der Waals surface area contributed by atoms with Gasteiger partial charge in [-0.25, -0.2) is 9.97 Å². The van der Waals surface area contributed by atoms with E-state index < -0.39 is 0 Å². The number of carbonyl (C=O) groups is 1. The molecule has 1 aromatic heterocycles. The number of amides is 1. The third-order valence-electron chi connectivity index (χ3n) is 3.16. The summed E-state index contributed by atoms with van der Waals surface area (Å²) in [5.74, 6) is 0.414. The Balaban J connectivity index is 2.18. The van der Waals surface area contributed by atoms with Gasteiger partial charge in [-0.15, -0.1) is 0 Å². The van der Waals surface area contributed by atoms with Gasteiger partial charge in [0.05, 0.1) is 12.4 Å². The molecule has 0 radical (unpaired) electrons. The topological polar surface area (TPSA) is 66.9 Å². The normalized spacial score (nSPS) is 10.3. The first-order valence-corrected chi connectivity index (χ1v) is 6.96. The highest BCUT2D eigenvalue weighted by molar-refractivity contribution is 6.03. The number of aromatic nitrogens is 2. The van der Waals surface area contributed by atoms with Crippen LogP contribution < -0.4 is 10.6 Å². The van der Waals surface area contributed by atoms with Gasteiger partial charge >= 0.3 is 0 Å². The maximum absolute atomic E-state index is 12.2. The van der Waals surface area contributed by atoms with Gasteiger partial charge in [-0.1, -0.05) is 17.7 Å². The minimum Gasteiger partial charge on any atom is -0.369 e. The van der Waals surface area contributed by atoms with E-state index in [9.17, 15) is 4.79 Å². The molecule has 0 aliphatic heterocycles. The molecule has 0 saturated heterocycles. The van der Waals surface area contributed by atoms with Gasteiger partial charge in [-0.3, -0.25) is 4.79 Å². The highest BCUT2D eigenvalue weighted by Gasteiger charge is 2.12. The third-order valence-corrected chi connectivity index (χ3v) is 3.16. The molecule has 0 saturated carbocycles. The largest absolute Gasteiger partial charge is 0.369 e. The van der Waals surface area contributed by atoms with Crippen molar-refractivity contribution >= 4 is 17.4 Å². The summed E-state index contributed by atoms with van der Waals surface area (Å²) in [4.78, 5) is 20.5. The Morgan fingerprint density at radius 1 is 1.10 bits per heavy atom. The molecule has 0 fully saturated rings. The second-order valence-corrected chi connectivity index (χ2v) is 5.05. The smallest absolute Gasteiger partial charge is 0.275 e. The van der Waals surface area contributed by atoms with E-state index in [1.54, 1.807) is 6.20 Å². The van der Waals surface area contributed by atoms with Gasteiger partial charge in [0.2, 0.25) is 0 Å². The minimum atomic E-state index is -0.249. The summed E-state index contributed by atoms with van der Waals surface area (Å²) in [6.45, 7) is 8.74. The Labute approximate surface area is 124 Å². The number of aryl methyl sites for hydroxylation is 3. The molecule has 0 unspecified atom stereocenters. The van der Waals surface area contributed by atoms with Crippen molar-refractivity contribution in [3.05, 3.63) is 46.9 Å². The lowest BCUT2D eigenvalue weighted by atomic mass is 10.1. The van der Waals surface area contributed by atoms with Gasteiger partial charge in [-0.05, 0) is 38.8 Å². The zero-order valence-electron chi connectivity index (χ0n) is 12.8. The minimum absolute atomic E-state index is 0.249. The molecule has 0 aliphatic rings. The predicted octanol–water partition coefficient (Wildman–Crippen LogP) is 3.09. The lowest BCUT2D eigenvalue weighted by Crippen LogP contribution is -2.16. The molecule has 1 heterocycles. The quantitative estimate of drug-likeness (QED) is 0.905. The van der Waals surface area contributed by atoms with Crippen LogP contribution in [0.3, 0.4) is 0 Å². The Hall–Kier alpha value is -2.43. The molecule has 1 amide bonds. The van der Waals surface area contributed by atoms with E-state index in [4.69, 9.17) is 0 Å². The molecule has 2 aromatic rings. The van der Waals surface area contributed by atoms with Gasteiger partial charge in [0.15, 0.2) is 0 Å². The fourth-order valence-electron chi connectivity index (χ4n) is 2.27. The number of nitrogens with one attached hydrogen (secondary N) is 2. The summed E-state index contributed by atoms with van der Waals surface area (Å²) >= 11 is 0. The van der Waals surface area contributed by atoms with Crippen LogP contribution in [0.1, 0.15) is 34.1 Å². The van der Waals surface area contributed by atoms with E-state index in [-0.39, 0.29) is 5.91 Å². The number of hydrogen-bond donors (Lipinski definition) is 2. The number of carbonyl (C=O) groups excluding carboxylic acids is 1. The van der Waals surface area contributed by atoms with E-state index in [0.717, 1.165) is 23.4 Å². The van der Waals surface area contributed by atoms with Crippen molar-refractivity contribution in [1.82, 2.24) is 9.97 Å². The van der Waals surface area contributed by atoms with Crippen molar-refractivity contribution in [3.63, 3.8) is 0 Å². The lowest BCUT2D eigenvalue weighted by Gasteiger charge is -2.12. The van der Waals surface area contributed by atoms with E-state index in [1.165, 1.54) is 11.8 Å². The first-order chi connectivity index (χ1) is 10.0. The highest BCUT2D eigenvalue weighted by Crippen LogP contribution is 2.22. The maximum atomic E-state index is 12.2. The molecular formula is C16H20N4O. The fraction of sp³-hybridized carbons (Fsp3) is 0.312. The zero-order chi connectivity index (χ0) is 15.4. The van der Waals surface area contributed by atoms with Crippen LogP contribution in [0, 0.1) is 20.8 Å². The van der Waals surface area contributed by atoms with Gasteiger partial charge in [0.1, 0.15) is 11.5 Å². The van der Waals surface area contributed by atoms with Gasteiger partial charge in [-0.2, -0.15) is 0 Å². The van der Waals surface area contributed by atoms with Crippen LogP contribution >= 0.6 is 0 Å². The summed E-state index contributed by atoms with van der Waals surface area (Å²) in [7, 11) is 0. The van der Waals surface area contributed by atoms with Crippen molar-refractivity contribution < 1.29 is 4.79 Å². The van der Waals surface area contributed by atoms with E-state index in [2.05, 4.69) is 20.6 Å². The maximum Gasteiger partial charge on any atom is 0.275 e. The van der Waals surface area contributed by atoms with Crippen molar-refractivity contribution in [2.45, 2.75) is 27.7 Å². The molecule has 110 valence electrons. The van der Waals surface area contributed by atoms with Crippen LogP contribution in [-0.2, 0) is 0 Å². The summed E-state index contributed by atoms with van der Waals surface area (Å²) in [5, 5.41) is 5.95. The molecule has 5 nitrogen and oxygen atoms in total. The molecule has 21 heavy (non-hydrogen) atoms. The van der Waals surface area contributed by atoms with Crippen LogP contribution in [0.5, 0.6) is 0 Å². The average Bonchev–Trinajstić information content (AvgIpc) is 2.43. The number of nitrogens with zero attached hydrogens (tertiary/aromatic N) is 2. The number of hydrogen-bond acceptors (Lipinski definition) is 4. The molecule has 0 aliphatic carbocycles. The van der Waals surface area contributed by atoms with E-state index in [0.29, 0.717) is 11.5 Å². The van der Waals surface area contributed by atoms with Crippen molar-refractivity contribution in [3.8, 4) is 0 Å². The summed E-state index contributed by atoms with van der Waals surface area (Å²) in [6, 6.07) is 4.09. The van der Waals surface area contributed by atoms with Crippen molar-refractivity contribution in [2.24, 2.45) is 0 Å². The van der Waals surface area contributed by atoms with E-state index in [1.807, 2.05) is 39.8 Å². The third kappa shape index (κ3) is 3.56. The number of anilines is 2. The Morgan fingerprint density at radius 3 is 2.29 bits per heavy atom. The molecule has 2 rings (SSSR count). The monoisotopic (exact) mass is 284 g/mol. The Morgan fingerprint density at radius 2 is 1.76 bits per heavy atom. The molecule has 0 atom stereocenters. The van der Waals surface area contributed by atoms with Gasteiger partial charge in [0, 0.05) is 12.2 Å². The molecule has 1 aromatic carbocycles. The second-order valence-electron chi connectivity index (χ2n) is 5.05. The Bertz CT molecular complexity index is 627. The summed E-state index contributed by atoms with van der Waals surface area (Å²) < 4.78 is 0. The Kier molecular flexibility index (Phi) is 4.52. The standard InChI is InChI=1S/C16H20N4O/c1-5-17-14-9-18-13(8-19-14)16(21)20-15-11(3)6-10(2)7-12(15)4/h6-9H,5H2,1-4H3,(H,17,19)(H,20,21). The SMILES string of the molecule is CCNc1cnc(C(=O)Nc2c(C)cc(C)cc2C)cn1. The highest BCUT2D eigenvalue weighted by atomic mass is 16.1. The van der Waals surface area contributed by atoms with Crippen LogP contribution in [0.15, 0.2) is 24.5 Å². The van der Waals surface area contributed by atoms with Gasteiger partial charge < -0.3 is 10.6 Å². The van der Waals surface area contributed by atoms with Crippen molar-refractivity contribution in [1.29, 1.82) is 0 Å².